The third-order valence-electron chi connectivity index (χ3n) is 5.12. The second kappa shape index (κ2) is 7.86. The van der Waals surface area contributed by atoms with Crippen LogP contribution < -0.4 is 11.1 Å². The molecule has 0 saturated heterocycles. The minimum atomic E-state index is -0.788. The van der Waals surface area contributed by atoms with Crippen molar-refractivity contribution in [1.82, 2.24) is 15.1 Å². The third-order valence-corrected chi connectivity index (χ3v) is 5.12. The molecule has 4 rings (SSSR count). The molecule has 0 atom stereocenters. The first-order chi connectivity index (χ1) is 14.9. The highest BCUT2D eigenvalue weighted by Crippen LogP contribution is 2.25. The molecule has 0 bridgehead atoms. The standard InChI is InChI=1S/C22H19N5O4/c1-12-17(18(19(23)28)26-25-12)24-20(29)14-7-8-15-16(11-14)22(31)27(21(15)30)10-9-13-5-3-2-4-6-13/h2-8,11H,9-10H2,1H3,(H2,23,28)(H,24,29)(H,25,26). The number of nitrogens with one attached hydrogen (secondary N) is 2. The van der Waals surface area contributed by atoms with Gasteiger partial charge in [-0.2, -0.15) is 5.10 Å². The molecule has 2 heterocycles. The summed E-state index contributed by atoms with van der Waals surface area (Å²) in [5, 5.41) is 8.96. The molecule has 31 heavy (non-hydrogen) atoms. The van der Waals surface area contributed by atoms with Crippen LogP contribution in [-0.4, -0.2) is 45.3 Å². The number of hydrogen-bond acceptors (Lipinski definition) is 5. The van der Waals surface area contributed by atoms with Crippen LogP contribution in [0.15, 0.2) is 48.5 Å². The predicted molar refractivity (Wildman–Crippen MR) is 112 cm³/mol. The average Bonchev–Trinajstić information content (AvgIpc) is 3.24. The van der Waals surface area contributed by atoms with Gasteiger partial charge in [0.25, 0.3) is 23.6 Å². The number of benzene rings is 2. The van der Waals surface area contributed by atoms with Crippen molar-refractivity contribution in [3.05, 3.63) is 82.2 Å². The first kappa shape index (κ1) is 20.0. The number of aryl methyl sites for hydroxylation is 1. The fraction of sp³-hybridized carbons (Fsp3) is 0.136. The molecule has 1 aromatic heterocycles. The number of anilines is 1. The van der Waals surface area contributed by atoms with E-state index in [4.69, 9.17) is 5.73 Å². The Morgan fingerprint density at radius 1 is 1.06 bits per heavy atom. The molecule has 0 radical (unpaired) electrons. The van der Waals surface area contributed by atoms with Crippen molar-refractivity contribution >= 4 is 29.3 Å². The first-order valence-electron chi connectivity index (χ1n) is 9.57. The van der Waals surface area contributed by atoms with Gasteiger partial charge < -0.3 is 11.1 Å². The molecule has 0 unspecified atom stereocenters. The Hall–Kier alpha value is -4.27. The number of aromatic amines is 1. The van der Waals surface area contributed by atoms with E-state index in [0.717, 1.165) is 5.56 Å². The number of fused-ring (bicyclic) bond motifs is 1. The Labute approximate surface area is 177 Å². The molecule has 1 aliphatic heterocycles. The Kier molecular flexibility index (Phi) is 5.08. The molecule has 2 aromatic carbocycles. The van der Waals surface area contributed by atoms with Crippen molar-refractivity contribution in [2.45, 2.75) is 13.3 Å². The van der Waals surface area contributed by atoms with Gasteiger partial charge in [0.05, 0.1) is 22.5 Å². The van der Waals surface area contributed by atoms with Gasteiger partial charge in [-0.25, -0.2) is 0 Å². The highest BCUT2D eigenvalue weighted by molar-refractivity contribution is 6.22. The van der Waals surface area contributed by atoms with E-state index in [2.05, 4.69) is 15.5 Å². The molecule has 4 N–H and O–H groups in total. The van der Waals surface area contributed by atoms with Crippen LogP contribution in [0.5, 0.6) is 0 Å². The number of rotatable bonds is 6. The first-order valence-corrected chi connectivity index (χ1v) is 9.57. The van der Waals surface area contributed by atoms with Crippen molar-refractivity contribution in [3.8, 4) is 0 Å². The summed E-state index contributed by atoms with van der Waals surface area (Å²) in [6.45, 7) is 1.87. The van der Waals surface area contributed by atoms with Gasteiger partial charge in [-0.3, -0.25) is 29.2 Å². The number of carbonyl (C=O) groups excluding carboxylic acids is 4. The molecule has 9 nitrogen and oxygen atoms in total. The number of primary amides is 1. The largest absolute Gasteiger partial charge is 0.364 e. The number of hydrogen-bond donors (Lipinski definition) is 3. The van der Waals surface area contributed by atoms with Crippen LogP contribution in [0, 0.1) is 6.92 Å². The highest BCUT2D eigenvalue weighted by atomic mass is 16.2. The van der Waals surface area contributed by atoms with E-state index in [-0.39, 0.29) is 40.5 Å². The van der Waals surface area contributed by atoms with E-state index in [0.29, 0.717) is 12.1 Å². The van der Waals surface area contributed by atoms with Gasteiger partial charge in [0, 0.05) is 12.1 Å². The maximum absolute atomic E-state index is 12.8. The lowest BCUT2D eigenvalue weighted by atomic mass is 10.1. The van der Waals surface area contributed by atoms with Crippen LogP contribution in [-0.2, 0) is 6.42 Å². The molecular formula is C22H19N5O4. The van der Waals surface area contributed by atoms with Crippen LogP contribution in [0.3, 0.4) is 0 Å². The lowest BCUT2D eigenvalue weighted by Gasteiger charge is -2.13. The van der Waals surface area contributed by atoms with Gasteiger partial charge in [0.15, 0.2) is 5.69 Å². The van der Waals surface area contributed by atoms with Crippen LogP contribution in [0.4, 0.5) is 5.69 Å². The Morgan fingerprint density at radius 3 is 2.48 bits per heavy atom. The molecule has 0 fully saturated rings. The van der Waals surface area contributed by atoms with Crippen molar-refractivity contribution in [3.63, 3.8) is 0 Å². The number of H-pyrrole nitrogens is 1. The lowest BCUT2D eigenvalue weighted by molar-refractivity contribution is 0.0655. The predicted octanol–water partition coefficient (Wildman–Crippen LogP) is 1.91. The summed E-state index contributed by atoms with van der Waals surface area (Å²) in [7, 11) is 0. The minimum Gasteiger partial charge on any atom is -0.364 e. The van der Waals surface area contributed by atoms with E-state index >= 15 is 0 Å². The molecule has 156 valence electrons. The number of carbonyl (C=O) groups is 4. The van der Waals surface area contributed by atoms with Crippen LogP contribution in [0.2, 0.25) is 0 Å². The van der Waals surface area contributed by atoms with E-state index in [1.807, 2.05) is 30.3 Å². The summed E-state index contributed by atoms with van der Waals surface area (Å²) in [6.07, 6.45) is 0.537. The van der Waals surface area contributed by atoms with Gasteiger partial charge in [0.2, 0.25) is 0 Å². The Bertz CT molecular complexity index is 1220. The monoisotopic (exact) mass is 417 g/mol. The van der Waals surface area contributed by atoms with E-state index < -0.39 is 17.7 Å². The number of aromatic nitrogens is 2. The molecule has 9 heteroatoms. The normalized spacial score (nSPS) is 12.7. The molecule has 3 aromatic rings. The van der Waals surface area contributed by atoms with Gasteiger partial charge >= 0.3 is 0 Å². The summed E-state index contributed by atoms with van der Waals surface area (Å²) in [5.74, 6) is -2.17. The van der Waals surface area contributed by atoms with Gasteiger partial charge in [-0.1, -0.05) is 30.3 Å². The van der Waals surface area contributed by atoms with Crippen molar-refractivity contribution in [2.75, 3.05) is 11.9 Å². The molecule has 0 aliphatic carbocycles. The minimum absolute atomic E-state index is 0.0923. The topological polar surface area (TPSA) is 138 Å². The number of nitrogens with two attached hydrogens (primary N) is 1. The third kappa shape index (κ3) is 3.68. The van der Waals surface area contributed by atoms with Crippen LogP contribution in [0.1, 0.15) is 52.8 Å². The molecular weight excluding hydrogens is 398 g/mol. The second-order valence-electron chi connectivity index (χ2n) is 7.15. The number of amides is 4. The summed E-state index contributed by atoms with van der Waals surface area (Å²) in [6, 6.07) is 13.9. The SMILES string of the molecule is Cc1[nH]nc(C(N)=O)c1NC(=O)c1ccc2c(c1)C(=O)N(CCc1ccccc1)C2=O. The lowest BCUT2D eigenvalue weighted by Crippen LogP contribution is -2.31. The van der Waals surface area contributed by atoms with Gasteiger partial charge in [-0.05, 0) is 37.1 Å². The van der Waals surface area contributed by atoms with Crippen molar-refractivity contribution in [2.24, 2.45) is 5.73 Å². The van der Waals surface area contributed by atoms with Crippen LogP contribution >= 0.6 is 0 Å². The highest BCUT2D eigenvalue weighted by Gasteiger charge is 2.35. The molecule has 1 aliphatic rings. The summed E-state index contributed by atoms with van der Waals surface area (Å²) >= 11 is 0. The number of imide groups is 1. The molecule has 4 amide bonds. The maximum Gasteiger partial charge on any atom is 0.271 e. The molecule has 0 spiro atoms. The Balaban J connectivity index is 1.54. The fourth-order valence-corrected chi connectivity index (χ4v) is 3.47. The quantitative estimate of drug-likeness (QED) is 0.526. The van der Waals surface area contributed by atoms with Gasteiger partial charge in [-0.15, -0.1) is 0 Å². The van der Waals surface area contributed by atoms with E-state index in [1.165, 1.54) is 23.1 Å². The summed E-state index contributed by atoms with van der Waals surface area (Å²) < 4.78 is 0. The average molecular weight is 417 g/mol. The Morgan fingerprint density at radius 2 is 1.77 bits per heavy atom. The van der Waals surface area contributed by atoms with Gasteiger partial charge in [0.1, 0.15) is 0 Å². The smallest absolute Gasteiger partial charge is 0.271 e. The zero-order valence-electron chi connectivity index (χ0n) is 16.6. The fourth-order valence-electron chi connectivity index (χ4n) is 3.47. The summed E-state index contributed by atoms with van der Waals surface area (Å²) in [4.78, 5) is 50.9. The molecule has 0 saturated carbocycles. The zero-order chi connectivity index (χ0) is 22.1. The summed E-state index contributed by atoms with van der Waals surface area (Å²) in [5.41, 5.74) is 7.42. The van der Waals surface area contributed by atoms with Crippen LogP contribution in [0.25, 0.3) is 0 Å². The maximum atomic E-state index is 12.8. The zero-order valence-corrected chi connectivity index (χ0v) is 16.6. The van der Waals surface area contributed by atoms with Crippen molar-refractivity contribution < 1.29 is 19.2 Å². The van der Waals surface area contributed by atoms with E-state index in [1.54, 1.807) is 6.92 Å². The van der Waals surface area contributed by atoms with Crippen molar-refractivity contribution in [1.29, 1.82) is 0 Å². The van der Waals surface area contributed by atoms with E-state index in [9.17, 15) is 19.2 Å². The number of nitrogens with zero attached hydrogens (tertiary/aromatic N) is 2. The second-order valence-corrected chi connectivity index (χ2v) is 7.15.